The molecular weight excluding hydrogens is 358 g/mol. The normalized spacial score (nSPS) is 13.1. The molecule has 3 N–H and O–H groups in total. The van der Waals surface area contributed by atoms with Crippen molar-refractivity contribution in [2.75, 3.05) is 47.9 Å². The topological polar surface area (TPSA) is 87.2 Å². The number of alkyl carbamates (subject to hydrolysis) is 1. The Bertz CT molecular complexity index is 641. The number of methoxy groups -OCH3 is 1. The second-order valence-corrected chi connectivity index (χ2v) is 7.56. The molecule has 28 heavy (non-hydrogen) atoms. The Balaban J connectivity index is 2.49. The van der Waals surface area contributed by atoms with Crippen LogP contribution in [0.3, 0.4) is 0 Å². The lowest BCUT2D eigenvalue weighted by Gasteiger charge is -2.26. The van der Waals surface area contributed by atoms with E-state index in [1.165, 1.54) is 0 Å². The average Bonchev–Trinajstić information content (AvgIpc) is 2.62. The molecule has 0 radical (unpaired) electrons. The van der Waals surface area contributed by atoms with Crippen LogP contribution in [-0.4, -0.2) is 70.4 Å². The molecule has 1 unspecified atom stereocenters. The van der Waals surface area contributed by atoms with Gasteiger partial charge in [0.1, 0.15) is 11.4 Å². The van der Waals surface area contributed by atoms with E-state index < -0.39 is 11.7 Å². The van der Waals surface area contributed by atoms with Crippen LogP contribution in [0.4, 0.5) is 4.79 Å². The summed E-state index contributed by atoms with van der Waals surface area (Å²) in [6, 6.07) is 8.18. The molecule has 0 fully saturated rings. The number of hydrogen-bond donors (Lipinski definition) is 3. The van der Waals surface area contributed by atoms with Crippen molar-refractivity contribution in [2.45, 2.75) is 32.4 Å². The summed E-state index contributed by atoms with van der Waals surface area (Å²) in [6.07, 6.45) is -0.428. The molecule has 0 saturated carbocycles. The molecular formula is C20H35N5O3. The molecule has 0 aromatic heterocycles. The van der Waals surface area contributed by atoms with Crippen molar-refractivity contribution in [1.29, 1.82) is 0 Å². The van der Waals surface area contributed by atoms with Gasteiger partial charge in [-0.1, -0.05) is 12.1 Å². The lowest BCUT2D eigenvalue weighted by Crippen LogP contribution is -2.44. The number of amides is 1. The maximum absolute atomic E-state index is 11.6. The molecule has 1 atom stereocenters. The molecule has 158 valence electrons. The molecule has 1 aromatic carbocycles. The highest BCUT2D eigenvalue weighted by molar-refractivity contribution is 5.79. The smallest absolute Gasteiger partial charge is 0.407 e. The molecule has 1 amide bonds. The van der Waals surface area contributed by atoms with Crippen molar-refractivity contribution in [3.05, 3.63) is 29.8 Å². The lowest BCUT2D eigenvalue weighted by molar-refractivity contribution is 0.0529. The Morgan fingerprint density at radius 3 is 2.43 bits per heavy atom. The largest absolute Gasteiger partial charge is 0.497 e. The lowest BCUT2D eigenvalue weighted by atomic mass is 10.1. The minimum Gasteiger partial charge on any atom is -0.497 e. The number of likely N-dealkylation sites (N-methyl/N-ethyl adjacent to an activating group) is 1. The van der Waals surface area contributed by atoms with Crippen molar-refractivity contribution in [2.24, 2.45) is 4.99 Å². The summed E-state index contributed by atoms with van der Waals surface area (Å²) in [4.78, 5) is 18.0. The minimum absolute atomic E-state index is 0.147. The SMILES string of the molecule is CN=C(NCCNC(=O)OC(C)(C)C)NCC(c1cccc(OC)c1)N(C)C. The van der Waals surface area contributed by atoms with Gasteiger partial charge in [0.15, 0.2) is 5.96 Å². The highest BCUT2D eigenvalue weighted by Gasteiger charge is 2.16. The van der Waals surface area contributed by atoms with Crippen LogP contribution in [0.5, 0.6) is 5.75 Å². The minimum atomic E-state index is -0.504. The van der Waals surface area contributed by atoms with Crippen LogP contribution >= 0.6 is 0 Å². The zero-order chi connectivity index (χ0) is 21.2. The Kier molecular flexibility index (Phi) is 9.58. The first kappa shape index (κ1) is 23.6. The molecule has 0 aliphatic carbocycles. The van der Waals surface area contributed by atoms with E-state index in [9.17, 15) is 4.79 Å². The van der Waals surface area contributed by atoms with E-state index in [0.29, 0.717) is 25.6 Å². The van der Waals surface area contributed by atoms with Gasteiger partial charge >= 0.3 is 6.09 Å². The van der Waals surface area contributed by atoms with Crippen LogP contribution in [0.1, 0.15) is 32.4 Å². The zero-order valence-corrected chi connectivity index (χ0v) is 18.1. The monoisotopic (exact) mass is 393 g/mol. The van der Waals surface area contributed by atoms with Crippen LogP contribution < -0.4 is 20.7 Å². The third kappa shape index (κ3) is 8.94. The fourth-order valence-corrected chi connectivity index (χ4v) is 2.52. The summed E-state index contributed by atoms with van der Waals surface area (Å²) in [5.74, 6) is 1.50. The van der Waals surface area contributed by atoms with Gasteiger partial charge in [-0.2, -0.15) is 0 Å². The Morgan fingerprint density at radius 1 is 1.18 bits per heavy atom. The maximum Gasteiger partial charge on any atom is 0.407 e. The second-order valence-electron chi connectivity index (χ2n) is 7.56. The molecule has 0 saturated heterocycles. The van der Waals surface area contributed by atoms with Crippen molar-refractivity contribution >= 4 is 12.1 Å². The molecule has 0 aliphatic heterocycles. The third-order valence-electron chi connectivity index (χ3n) is 3.87. The van der Waals surface area contributed by atoms with Gasteiger partial charge in [0, 0.05) is 26.7 Å². The molecule has 0 spiro atoms. The van der Waals surface area contributed by atoms with Gasteiger partial charge in [0.2, 0.25) is 0 Å². The van der Waals surface area contributed by atoms with Gasteiger partial charge in [-0.15, -0.1) is 0 Å². The van der Waals surface area contributed by atoms with Gasteiger partial charge in [-0.05, 0) is 52.6 Å². The first-order valence-corrected chi connectivity index (χ1v) is 9.38. The summed E-state index contributed by atoms with van der Waals surface area (Å²) < 4.78 is 10.5. The summed E-state index contributed by atoms with van der Waals surface area (Å²) in [5.41, 5.74) is 0.648. The number of carbonyl (C=O) groups excluding carboxylic acids is 1. The molecule has 1 aromatic rings. The number of nitrogens with zero attached hydrogens (tertiary/aromatic N) is 2. The standard InChI is InChI=1S/C20H35N5O3/c1-20(2,3)28-19(26)23-12-11-22-18(21-4)24-14-17(25(5)6)15-9-8-10-16(13-15)27-7/h8-10,13,17H,11-12,14H2,1-7H3,(H,23,26)(H2,21,22,24). The van der Waals surface area contributed by atoms with Gasteiger partial charge in [-0.25, -0.2) is 4.79 Å². The summed E-state index contributed by atoms with van der Waals surface area (Å²) >= 11 is 0. The van der Waals surface area contributed by atoms with E-state index in [-0.39, 0.29) is 6.04 Å². The number of rotatable bonds is 8. The van der Waals surface area contributed by atoms with Crippen LogP contribution in [0.15, 0.2) is 29.3 Å². The molecule has 0 bridgehead atoms. The van der Waals surface area contributed by atoms with Gasteiger partial charge in [0.05, 0.1) is 13.2 Å². The van der Waals surface area contributed by atoms with Crippen LogP contribution in [0, 0.1) is 0 Å². The Hall–Kier alpha value is -2.48. The number of guanidine groups is 1. The van der Waals surface area contributed by atoms with E-state index >= 15 is 0 Å². The van der Waals surface area contributed by atoms with E-state index in [2.05, 4.69) is 31.9 Å². The molecule has 8 heteroatoms. The number of benzene rings is 1. The van der Waals surface area contributed by atoms with Crippen molar-refractivity contribution < 1.29 is 14.3 Å². The molecule has 0 aliphatic rings. The number of carbonyl (C=O) groups is 1. The molecule has 1 rings (SSSR count). The van der Waals surface area contributed by atoms with Gasteiger partial charge < -0.3 is 30.3 Å². The number of aliphatic imine (C=N–C) groups is 1. The highest BCUT2D eigenvalue weighted by Crippen LogP contribution is 2.22. The fourth-order valence-electron chi connectivity index (χ4n) is 2.52. The first-order chi connectivity index (χ1) is 13.2. The molecule has 8 nitrogen and oxygen atoms in total. The Labute approximate surface area is 168 Å². The summed E-state index contributed by atoms with van der Waals surface area (Å²) in [7, 11) is 7.45. The Morgan fingerprint density at radius 2 is 1.86 bits per heavy atom. The zero-order valence-electron chi connectivity index (χ0n) is 18.1. The van der Waals surface area contributed by atoms with Gasteiger partial charge in [0.25, 0.3) is 0 Å². The fraction of sp³-hybridized carbons (Fsp3) is 0.600. The highest BCUT2D eigenvalue weighted by atomic mass is 16.6. The maximum atomic E-state index is 11.6. The number of nitrogens with one attached hydrogen (secondary N) is 3. The van der Waals surface area contributed by atoms with Crippen molar-refractivity contribution in [3.63, 3.8) is 0 Å². The summed E-state index contributed by atoms with van der Waals surface area (Å²) in [6.45, 7) is 7.13. The average molecular weight is 394 g/mol. The summed E-state index contributed by atoms with van der Waals surface area (Å²) in [5, 5.41) is 9.22. The van der Waals surface area contributed by atoms with E-state index in [0.717, 1.165) is 11.3 Å². The van der Waals surface area contributed by atoms with Crippen LogP contribution in [0.25, 0.3) is 0 Å². The quantitative estimate of drug-likeness (QED) is 0.356. The van der Waals surface area contributed by atoms with E-state index in [1.54, 1.807) is 14.2 Å². The second kappa shape index (κ2) is 11.4. The van der Waals surface area contributed by atoms with Gasteiger partial charge in [-0.3, -0.25) is 4.99 Å². The predicted octanol–water partition coefficient (Wildman–Crippen LogP) is 1.99. The van der Waals surface area contributed by atoms with E-state index in [1.807, 2.05) is 53.1 Å². The van der Waals surface area contributed by atoms with Crippen molar-refractivity contribution in [1.82, 2.24) is 20.9 Å². The predicted molar refractivity (Wildman–Crippen MR) is 113 cm³/mol. The number of ether oxygens (including phenoxy) is 2. The third-order valence-corrected chi connectivity index (χ3v) is 3.87. The van der Waals surface area contributed by atoms with Crippen LogP contribution in [-0.2, 0) is 4.74 Å². The van der Waals surface area contributed by atoms with Crippen molar-refractivity contribution in [3.8, 4) is 5.75 Å². The van der Waals surface area contributed by atoms with E-state index in [4.69, 9.17) is 9.47 Å². The number of hydrogen-bond acceptors (Lipinski definition) is 5. The molecule has 0 heterocycles. The van der Waals surface area contributed by atoms with Crippen LogP contribution in [0.2, 0.25) is 0 Å². The first-order valence-electron chi connectivity index (χ1n) is 9.38.